The van der Waals surface area contributed by atoms with Gasteiger partial charge in [-0.1, -0.05) is 24.3 Å². The van der Waals surface area contributed by atoms with Gasteiger partial charge in [-0.3, -0.25) is 14.5 Å². The molecule has 4 rings (SSSR count). The van der Waals surface area contributed by atoms with Gasteiger partial charge in [-0.15, -0.1) is 0 Å². The molecule has 0 radical (unpaired) electrons. The Labute approximate surface area is 216 Å². The maximum Gasteiger partial charge on any atom is 0.410 e. The smallest absolute Gasteiger partial charge is 0.410 e. The number of carbonyl (C=O) groups is 3. The van der Waals surface area contributed by atoms with E-state index in [1.165, 1.54) is 31.3 Å². The highest BCUT2D eigenvalue weighted by molar-refractivity contribution is 7.89. The first kappa shape index (κ1) is 26.5. The Kier molecular flexibility index (Phi) is 7.22. The van der Waals surface area contributed by atoms with Crippen molar-refractivity contribution in [1.29, 1.82) is 0 Å². The zero-order valence-corrected chi connectivity index (χ0v) is 21.9. The molecule has 0 spiro atoms. The number of benzene rings is 2. The molecule has 10 nitrogen and oxygen atoms in total. The van der Waals surface area contributed by atoms with Crippen molar-refractivity contribution in [3.05, 3.63) is 70.9 Å². The molecule has 2 aromatic carbocycles. The van der Waals surface area contributed by atoms with Gasteiger partial charge in [0.25, 0.3) is 0 Å². The van der Waals surface area contributed by atoms with Crippen molar-refractivity contribution in [3.63, 3.8) is 0 Å². The number of ketones is 2. The zero-order valence-electron chi connectivity index (χ0n) is 21.1. The van der Waals surface area contributed by atoms with Crippen LogP contribution in [0.15, 0.2) is 59.1 Å². The van der Waals surface area contributed by atoms with Crippen LogP contribution in [0.25, 0.3) is 0 Å². The molecule has 1 amide bonds. The summed E-state index contributed by atoms with van der Waals surface area (Å²) < 4.78 is 32.7. The molecule has 1 unspecified atom stereocenters. The van der Waals surface area contributed by atoms with Gasteiger partial charge in [0.1, 0.15) is 5.60 Å². The topological polar surface area (TPSA) is 134 Å². The average Bonchev–Trinajstić information content (AvgIpc) is 2.86. The van der Waals surface area contributed by atoms with E-state index in [1.54, 1.807) is 17.0 Å². The molecule has 11 heteroatoms. The minimum atomic E-state index is -3.96. The third-order valence-corrected chi connectivity index (χ3v) is 7.50. The molecule has 1 heterocycles. The first-order valence-electron chi connectivity index (χ1n) is 11.9. The second kappa shape index (κ2) is 10.1. The summed E-state index contributed by atoms with van der Waals surface area (Å²) in [5, 5.41) is 6.24. The molecule has 1 atom stereocenters. The van der Waals surface area contributed by atoms with Gasteiger partial charge in [0.2, 0.25) is 15.8 Å². The van der Waals surface area contributed by atoms with E-state index in [0.717, 1.165) is 5.56 Å². The number of ether oxygens (including phenoxy) is 1. The highest BCUT2D eigenvalue weighted by atomic mass is 32.2. The summed E-state index contributed by atoms with van der Waals surface area (Å²) in [5.41, 5.74) is 0.637. The van der Waals surface area contributed by atoms with Gasteiger partial charge in [0.15, 0.2) is 5.78 Å². The summed E-state index contributed by atoms with van der Waals surface area (Å²) in [6.45, 7) is 7.19. The number of hydrogen-bond donors (Lipinski definition) is 3. The third-order valence-electron chi connectivity index (χ3n) is 6.04. The van der Waals surface area contributed by atoms with Crippen LogP contribution >= 0.6 is 0 Å². The van der Waals surface area contributed by atoms with Gasteiger partial charge in [-0.2, -0.15) is 0 Å². The van der Waals surface area contributed by atoms with Crippen molar-refractivity contribution in [2.75, 3.05) is 32.0 Å². The van der Waals surface area contributed by atoms with Crippen LogP contribution in [0.5, 0.6) is 0 Å². The number of allylic oxidation sites excluding steroid dienone is 2. The number of fused-ring (bicyclic) bond motifs is 1. The van der Waals surface area contributed by atoms with E-state index < -0.39 is 27.2 Å². The molecule has 3 N–H and O–H groups in total. The summed E-state index contributed by atoms with van der Waals surface area (Å²) in [6.07, 6.45) is 0.785. The van der Waals surface area contributed by atoms with Gasteiger partial charge in [0.05, 0.1) is 22.2 Å². The maximum absolute atomic E-state index is 13.3. The van der Waals surface area contributed by atoms with Crippen LogP contribution in [-0.4, -0.2) is 63.3 Å². The quantitative estimate of drug-likeness (QED) is 0.542. The molecule has 196 valence electrons. The van der Waals surface area contributed by atoms with Crippen molar-refractivity contribution in [2.24, 2.45) is 0 Å². The molecule has 37 heavy (non-hydrogen) atoms. The summed E-state index contributed by atoms with van der Waals surface area (Å²) in [4.78, 5) is 40.2. The van der Waals surface area contributed by atoms with E-state index in [-0.39, 0.29) is 33.9 Å². The molecule has 2 aromatic rings. The van der Waals surface area contributed by atoms with Gasteiger partial charge in [-0.25, -0.2) is 17.9 Å². The van der Waals surface area contributed by atoms with Gasteiger partial charge in [0, 0.05) is 37.0 Å². The first-order chi connectivity index (χ1) is 17.4. The lowest BCUT2D eigenvalue weighted by Crippen LogP contribution is -2.50. The number of piperazine rings is 1. The van der Waals surface area contributed by atoms with E-state index in [1.807, 2.05) is 32.9 Å². The van der Waals surface area contributed by atoms with Crippen LogP contribution in [0.3, 0.4) is 0 Å². The molecule has 2 aliphatic rings. The molecule has 1 aliphatic carbocycles. The van der Waals surface area contributed by atoms with Crippen LogP contribution < -0.4 is 15.4 Å². The minimum absolute atomic E-state index is 0.0290. The SMILES string of the molecule is CNS(=O)(=O)c1cccc2c1C(=O)C(Nc1ccc(C3CNCCN3C(=O)OC(C)(C)C)cc1)=CC2=O. The third kappa shape index (κ3) is 5.58. The summed E-state index contributed by atoms with van der Waals surface area (Å²) in [7, 11) is -2.72. The largest absolute Gasteiger partial charge is 0.444 e. The van der Waals surface area contributed by atoms with Crippen molar-refractivity contribution in [1.82, 2.24) is 14.9 Å². The Morgan fingerprint density at radius 2 is 1.81 bits per heavy atom. The summed E-state index contributed by atoms with van der Waals surface area (Å²) in [6, 6.07) is 11.1. The number of carbonyl (C=O) groups excluding carboxylic acids is 3. The van der Waals surface area contributed by atoms with Crippen LogP contribution in [-0.2, 0) is 14.8 Å². The van der Waals surface area contributed by atoms with E-state index in [4.69, 9.17) is 4.74 Å². The molecule has 1 saturated heterocycles. The highest BCUT2D eigenvalue weighted by Crippen LogP contribution is 2.30. The maximum atomic E-state index is 13.3. The predicted molar refractivity (Wildman–Crippen MR) is 138 cm³/mol. The van der Waals surface area contributed by atoms with Crippen LogP contribution in [0.4, 0.5) is 10.5 Å². The standard InChI is InChI=1S/C26H30N4O6S/c1-26(2,3)36-25(33)30-13-12-28-15-20(30)16-8-10-17(11-9-16)29-19-14-21(31)18-6-5-7-22(23(18)24(19)32)37(34,35)27-4/h5-11,14,20,27-29H,12-13,15H2,1-4H3. The number of nitrogens with one attached hydrogen (secondary N) is 3. The number of nitrogens with zero attached hydrogens (tertiary/aromatic N) is 1. The Hall–Kier alpha value is -3.54. The molecule has 1 fully saturated rings. The number of sulfonamides is 1. The monoisotopic (exact) mass is 526 g/mol. The van der Waals surface area contributed by atoms with E-state index >= 15 is 0 Å². The molecular weight excluding hydrogens is 496 g/mol. The number of anilines is 1. The first-order valence-corrected chi connectivity index (χ1v) is 13.3. The fourth-order valence-corrected chi connectivity index (χ4v) is 5.24. The number of Topliss-reactive ketones (excluding diaryl/α,β-unsaturated/α-hetero) is 1. The Bertz CT molecular complexity index is 1380. The number of amides is 1. The van der Waals surface area contributed by atoms with E-state index in [2.05, 4.69) is 15.4 Å². The Morgan fingerprint density at radius 3 is 2.46 bits per heavy atom. The molecule has 0 saturated carbocycles. The fraction of sp³-hybridized carbons (Fsp3) is 0.346. The van der Waals surface area contributed by atoms with Crippen LogP contribution in [0, 0.1) is 0 Å². The normalized spacial score (nSPS) is 18.2. The number of hydrogen-bond acceptors (Lipinski definition) is 8. The lowest BCUT2D eigenvalue weighted by molar-refractivity contribution is 0.0118. The Balaban J connectivity index is 1.56. The molecule has 0 bridgehead atoms. The van der Waals surface area contributed by atoms with Crippen molar-refractivity contribution in [2.45, 2.75) is 37.3 Å². The second-order valence-electron chi connectivity index (χ2n) is 9.78. The van der Waals surface area contributed by atoms with Crippen molar-refractivity contribution >= 4 is 33.4 Å². The fourth-order valence-electron chi connectivity index (χ4n) is 4.29. The molecular formula is C26H30N4O6S. The Morgan fingerprint density at radius 1 is 1.11 bits per heavy atom. The zero-order chi connectivity index (χ0) is 27.0. The number of rotatable bonds is 5. The summed E-state index contributed by atoms with van der Waals surface area (Å²) >= 11 is 0. The van der Waals surface area contributed by atoms with Gasteiger partial charge < -0.3 is 15.4 Å². The van der Waals surface area contributed by atoms with Crippen molar-refractivity contribution < 1.29 is 27.5 Å². The lowest BCUT2D eigenvalue weighted by Gasteiger charge is -2.37. The molecule has 1 aliphatic heterocycles. The van der Waals surface area contributed by atoms with Crippen molar-refractivity contribution in [3.8, 4) is 0 Å². The lowest BCUT2D eigenvalue weighted by atomic mass is 9.92. The van der Waals surface area contributed by atoms with E-state index in [9.17, 15) is 22.8 Å². The average molecular weight is 527 g/mol. The predicted octanol–water partition coefficient (Wildman–Crippen LogP) is 2.85. The van der Waals surface area contributed by atoms with Gasteiger partial charge in [-0.05, 0) is 51.6 Å². The van der Waals surface area contributed by atoms with Crippen LogP contribution in [0.1, 0.15) is 53.1 Å². The molecule has 0 aromatic heterocycles. The second-order valence-corrected chi connectivity index (χ2v) is 11.6. The highest BCUT2D eigenvalue weighted by Gasteiger charge is 2.33. The minimum Gasteiger partial charge on any atom is -0.444 e. The van der Waals surface area contributed by atoms with Crippen LogP contribution in [0.2, 0.25) is 0 Å². The summed E-state index contributed by atoms with van der Waals surface area (Å²) in [5.74, 6) is -1.07. The van der Waals surface area contributed by atoms with Gasteiger partial charge >= 0.3 is 6.09 Å². The van der Waals surface area contributed by atoms with E-state index in [0.29, 0.717) is 25.3 Å².